The minimum atomic E-state index is -4.82. The molecule has 2 aliphatic carbocycles. The quantitative estimate of drug-likeness (QED) is 0.601. The van der Waals surface area contributed by atoms with Crippen LogP contribution in [0.4, 0.5) is 17.6 Å². The fraction of sp³-hybridized carbons (Fsp3) is 0.520. The third-order valence-corrected chi connectivity index (χ3v) is 7.39. The van der Waals surface area contributed by atoms with Crippen molar-refractivity contribution in [3.8, 4) is 0 Å². The third-order valence-electron chi connectivity index (χ3n) is 7.39. The number of rotatable bonds is 6. The fourth-order valence-corrected chi connectivity index (χ4v) is 4.92. The van der Waals surface area contributed by atoms with Crippen molar-refractivity contribution in [3.05, 3.63) is 65.2 Å². The number of nitrogens with zero attached hydrogens (tertiary/aromatic N) is 2. The molecule has 34 heavy (non-hydrogen) atoms. The van der Waals surface area contributed by atoms with Gasteiger partial charge in [0.05, 0.1) is 6.20 Å². The lowest BCUT2D eigenvalue weighted by Crippen LogP contribution is -2.48. The number of benzene rings is 1. The molecule has 2 aromatic rings. The van der Waals surface area contributed by atoms with E-state index in [4.69, 9.17) is 5.73 Å². The van der Waals surface area contributed by atoms with Gasteiger partial charge >= 0.3 is 6.18 Å². The van der Waals surface area contributed by atoms with Crippen LogP contribution in [0, 0.1) is 5.82 Å². The summed E-state index contributed by atoms with van der Waals surface area (Å²) in [6.45, 7) is 1.07. The number of aromatic nitrogens is 1. The predicted octanol–water partition coefficient (Wildman–Crippen LogP) is 4.43. The molecule has 0 aliphatic heterocycles. The Balaban J connectivity index is 1.50. The molecule has 9 heteroatoms. The van der Waals surface area contributed by atoms with Gasteiger partial charge in [0.25, 0.3) is 5.91 Å². The average Bonchev–Trinajstić information content (AvgIpc) is 3.65. The highest BCUT2D eigenvalue weighted by Gasteiger charge is 2.51. The Morgan fingerprint density at radius 2 is 1.68 bits per heavy atom. The van der Waals surface area contributed by atoms with E-state index in [1.165, 1.54) is 24.4 Å². The van der Waals surface area contributed by atoms with Gasteiger partial charge in [-0.3, -0.25) is 9.78 Å². The number of halogens is 4. The normalized spacial score (nSPS) is 25.0. The summed E-state index contributed by atoms with van der Waals surface area (Å²) >= 11 is 0. The first-order valence-corrected chi connectivity index (χ1v) is 11.5. The van der Waals surface area contributed by atoms with E-state index in [1.54, 1.807) is 6.07 Å². The van der Waals surface area contributed by atoms with Crippen LogP contribution >= 0.6 is 0 Å². The van der Waals surface area contributed by atoms with Crippen molar-refractivity contribution in [2.24, 2.45) is 5.73 Å². The molecule has 0 bridgehead atoms. The molecule has 1 heterocycles. The third kappa shape index (κ3) is 4.55. The first-order chi connectivity index (χ1) is 16.0. The Kier molecular flexibility index (Phi) is 6.46. The van der Waals surface area contributed by atoms with E-state index in [9.17, 15) is 27.5 Å². The van der Waals surface area contributed by atoms with Gasteiger partial charge in [0.15, 0.2) is 5.60 Å². The number of amides is 1. The molecule has 0 radical (unpaired) electrons. The number of pyridine rings is 1. The lowest BCUT2D eigenvalue weighted by Gasteiger charge is -2.43. The Hall–Kier alpha value is -2.52. The summed E-state index contributed by atoms with van der Waals surface area (Å²) in [5.41, 5.74) is 3.50. The highest BCUT2D eigenvalue weighted by molar-refractivity contribution is 5.95. The zero-order valence-electron chi connectivity index (χ0n) is 19.0. The number of alkyl halides is 3. The summed E-state index contributed by atoms with van der Waals surface area (Å²) < 4.78 is 52.8. The lowest BCUT2D eigenvalue weighted by atomic mass is 9.69. The number of nitrogens with two attached hydrogens (primary N) is 1. The highest BCUT2D eigenvalue weighted by atomic mass is 19.4. The van der Waals surface area contributed by atoms with E-state index in [-0.39, 0.29) is 29.0 Å². The van der Waals surface area contributed by atoms with Gasteiger partial charge in [-0.15, -0.1) is 0 Å². The van der Waals surface area contributed by atoms with Crippen LogP contribution < -0.4 is 5.73 Å². The second kappa shape index (κ2) is 8.92. The van der Waals surface area contributed by atoms with E-state index in [0.29, 0.717) is 44.7 Å². The number of hydrogen-bond donors (Lipinski definition) is 2. The number of hydrogen-bond acceptors (Lipinski definition) is 4. The smallest absolute Gasteiger partial charge is 0.376 e. The molecule has 2 saturated carbocycles. The largest absolute Gasteiger partial charge is 0.421 e. The van der Waals surface area contributed by atoms with Gasteiger partial charge in [0, 0.05) is 35.3 Å². The molecular formula is C25H29F4N3O2. The van der Waals surface area contributed by atoms with Crippen LogP contribution in [0.1, 0.15) is 67.1 Å². The molecule has 1 amide bonds. The number of carbonyl (C=O) groups is 1. The van der Waals surface area contributed by atoms with Gasteiger partial charge in [0.1, 0.15) is 5.82 Å². The average molecular weight is 480 g/mol. The van der Waals surface area contributed by atoms with E-state index >= 15 is 0 Å². The standard InChI is InChI=1S/C25H29F4N3O2/c1-23(34,25(27,28)29)17-4-2-16(3-5-17)22(33)32(19-7-8-19)20-10-12-24(15-30,13-11-20)21-9-6-18(26)14-31-21/h2-6,9,14,19-20,34H,7-8,10-13,15,30H2,1H3/t20?,23-,24?/m0/s1. The first-order valence-electron chi connectivity index (χ1n) is 11.5. The van der Waals surface area contributed by atoms with Gasteiger partial charge in [-0.1, -0.05) is 12.1 Å². The second-order valence-electron chi connectivity index (χ2n) is 9.67. The zero-order valence-corrected chi connectivity index (χ0v) is 19.0. The minimum absolute atomic E-state index is 0.0157. The maximum Gasteiger partial charge on any atom is 0.421 e. The molecule has 2 fully saturated rings. The Morgan fingerprint density at radius 3 is 2.15 bits per heavy atom. The maximum absolute atomic E-state index is 13.4. The Morgan fingerprint density at radius 1 is 1.09 bits per heavy atom. The fourth-order valence-electron chi connectivity index (χ4n) is 4.92. The van der Waals surface area contributed by atoms with E-state index < -0.39 is 17.6 Å². The van der Waals surface area contributed by atoms with Crippen LogP contribution in [0.5, 0.6) is 0 Å². The monoisotopic (exact) mass is 479 g/mol. The summed E-state index contributed by atoms with van der Waals surface area (Å²) in [4.78, 5) is 19.5. The van der Waals surface area contributed by atoms with Crippen LogP contribution in [0.2, 0.25) is 0 Å². The van der Waals surface area contributed by atoms with Crippen LogP contribution in [-0.2, 0) is 11.0 Å². The molecule has 5 nitrogen and oxygen atoms in total. The van der Waals surface area contributed by atoms with Gasteiger partial charge in [-0.25, -0.2) is 4.39 Å². The van der Waals surface area contributed by atoms with Crippen molar-refractivity contribution in [3.63, 3.8) is 0 Å². The van der Waals surface area contributed by atoms with Gasteiger partial charge in [0.2, 0.25) is 0 Å². The summed E-state index contributed by atoms with van der Waals surface area (Å²) in [5, 5.41) is 9.89. The molecule has 3 N–H and O–H groups in total. The molecule has 1 atom stereocenters. The molecule has 0 spiro atoms. The molecule has 1 aromatic carbocycles. The topological polar surface area (TPSA) is 79.5 Å². The van der Waals surface area contributed by atoms with Gasteiger partial charge < -0.3 is 15.7 Å². The molecule has 1 aromatic heterocycles. The summed E-state index contributed by atoms with van der Waals surface area (Å²) in [7, 11) is 0. The van der Waals surface area contributed by atoms with Crippen molar-refractivity contribution < 1.29 is 27.5 Å². The van der Waals surface area contributed by atoms with Gasteiger partial charge in [-0.05, 0) is 75.3 Å². The van der Waals surface area contributed by atoms with Crippen LogP contribution in [0.15, 0.2) is 42.6 Å². The summed E-state index contributed by atoms with van der Waals surface area (Å²) in [6, 6.07) is 8.17. The predicted molar refractivity (Wildman–Crippen MR) is 118 cm³/mol. The van der Waals surface area contributed by atoms with Crippen molar-refractivity contribution in [2.75, 3.05) is 6.54 Å². The van der Waals surface area contributed by atoms with E-state index in [1.807, 2.05) is 4.90 Å². The molecule has 0 saturated heterocycles. The van der Waals surface area contributed by atoms with Crippen LogP contribution in [0.25, 0.3) is 0 Å². The first kappa shape index (κ1) is 24.6. The van der Waals surface area contributed by atoms with Crippen LogP contribution in [0.3, 0.4) is 0 Å². The Labute approximate surface area is 196 Å². The SMILES string of the molecule is C[C@](O)(c1ccc(C(=O)N(C2CC2)C2CCC(CN)(c3ccc(F)cn3)CC2)cc1)C(F)(F)F. The molecule has 0 unspecified atom stereocenters. The molecule has 184 valence electrons. The van der Waals surface area contributed by atoms with E-state index in [2.05, 4.69) is 4.98 Å². The lowest BCUT2D eigenvalue weighted by molar-refractivity contribution is -0.258. The van der Waals surface area contributed by atoms with Crippen molar-refractivity contribution in [1.29, 1.82) is 0 Å². The minimum Gasteiger partial charge on any atom is -0.376 e. The maximum atomic E-state index is 13.4. The van der Waals surface area contributed by atoms with Crippen molar-refractivity contribution in [1.82, 2.24) is 9.88 Å². The summed E-state index contributed by atoms with van der Waals surface area (Å²) in [5.74, 6) is -0.622. The molecular weight excluding hydrogens is 450 g/mol. The van der Waals surface area contributed by atoms with Gasteiger partial charge in [-0.2, -0.15) is 13.2 Å². The van der Waals surface area contributed by atoms with Crippen LogP contribution in [-0.4, -0.2) is 45.7 Å². The highest BCUT2D eigenvalue weighted by Crippen LogP contribution is 2.43. The Bertz CT molecular complexity index is 1010. The van der Waals surface area contributed by atoms with Crippen molar-refractivity contribution >= 4 is 5.91 Å². The summed E-state index contributed by atoms with van der Waals surface area (Å²) in [6.07, 6.45) is 0.982. The second-order valence-corrected chi connectivity index (χ2v) is 9.67. The molecule has 2 aliphatic rings. The van der Waals surface area contributed by atoms with Crippen molar-refractivity contribution in [2.45, 2.75) is 74.7 Å². The molecule has 4 rings (SSSR count). The number of aliphatic hydroxyl groups is 1. The number of carbonyl (C=O) groups excluding carboxylic acids is 1. The van der Waals surface area contributed by atoms with E-state index in [0.717, 1.165) is 30.7 Å². The zero-order chi connectivity index (χ0) is 24.7.